The zero-order chi connectivity index (χ0) is 17.5. The van der Waals surface area contributed by atoms with E-state index in [9.17, 15) is 0 Å². The molecule has 0 aromatic heterocycles. The molecule has 0 bridgehead atoms. The van der Waals surface area contributed by atoms with Gasteiger partial charge in [0.1, 0.15) is 0 Å². The third-order valence-corrected chi connectivity index (χ3v) is 4.38. The highest BCUT2D eigenvalue weighted by atomic mass is 15.3. The van der Waals surface area contributed by atoms with E-state index in [1.165, 1.54) is 16.8 Å². The van der Waals surface area contributed by atoms with Gasteiger partial charge in [-0.1, -0.05) is 54.6 Å². The summed E-state index contributed by atoms with van der Waals surface area (Å²) in [6.07, 6.45) is 4.43. The van der Waals surface area contributed by atoms with E-state index in [1.807, 2.05) is 13.1 Å². The van der Waals surface area contributed by atoms with Crippen LogP contribution in [0, 0.1) is 0 Å². The third-order valence-electron chi connectivity index (χ3n) is 4.38. The number of benzene rings is 2. The molecule has 0 atom stereocenters. The fourth-order valence-corrected chi connectivity index (χ4v) is 3.05. The van der Waals surface area contributed by atoms with Gasteiger partial charge in [0.25, 0.3) is 0 Å². The number of anilines is 1. The maximum Gasteiger partial charge on any atom is 0.193 e. The average Bonchev–Trinajstić information content (AvgIpc) is 3.18. The second-order valence-electron chi connectivity index (χ2n) is 6.29. The predicted octanol–water partition coefficient (Wildman–Crippen LogP) is 3.27. The number of nitrogens with one attached hydrogen (secondary N) is 1. The summed E-state index contributed by atoms with van der Waals surface area (Å²) >= 11 is 0. The van der Waals surface area contributed by atoms with Crippen LogP contribution in [0.25, 0.3) is 0 Å². The number of aliphatic imine (C=N–C) groups is 1. The molecule has 1 aliphatic rings. The molecule has 3 rings (SSSR count). The minimum absolute atomic E-state index is 0.765. The first kappa shape index (κ1) is 17.1. The molecule has 0 fully saturated rings. The van der Waals surface area contributed by atoms with Crippen LogP contribution in [0.1, 0.15) is 11.1 Å². The van der Waals surface area contributed by atoms with Crippen LogP contribution in [0.15, 0.2) is 71.7 Å². The summed E-state index contributed by atoms with van der Waals surface area (Å²) in [5.74, 6) is 0.900. The summed E-state index contributed by atoms with van der Waals surface area (Å²) in [7, 11) is 3.89. The Kier molecular flexibility index (Phi) is 5.73. The molecule has 0 unspecified atom stereocenters. The van der Waals surface area contributed by atoms with E-state index in [-0.39, 0.29) is 0 Å². The van der Waals surface area contributed by atoms with Crippen molar-refractivity contribution in [3.05, 3.63) is 77.9 Å². The summed E-state index contributed by atoms with van der Waals surface area (Å²) in [5.41, 5.74) is 3.81. The highest BCUT2D eigenvalue weighted by molar-refractivity contribution is 5.79. The molecular formula is C21H26N4. The van der Waals surface area contributed by atoms with E-state index >= 15 is 0 Å². The Labute approximate surface area is 150 Å². The van der Waals surface area contributed by atoms with Crippen molar-refractivity contribution in [1.82, 2.24) is 10.2 Å². The Balaban J connectivity index is 1.58. The van der Waals surface area contributed by atoms with Crippen LogP contribution in [0.2, 0.25) is 0 Å². The van der Waals surface area contributed by atoms with Crippen molar-refractivity contribution in [3.8, 4) is 0 Å². The highest BCUT2D eigenvalue weighted by Gasteiger charge is 2.09. The van der Waals surface area contributed by atoms with Crippen LogP contribution in [-0.2, 0) is 13.1 Å². The van der Waals surface area contributed by atoms with Gasteiger partial charge >= 0.3 is 0 Å². The van der Waals surface area contributed by atoms with Gasteiger partial charge in [-0.25, -0.2) is 0 Å². The standard InChI is InChI=1S/C21H26N4/c1-22-21(24(2)17-18-9-4-3-5-10-18)23-16-19-11-8-12-20(15-19)25-13-6-7-14-25/h3-12,15H,13-14,16-17H2,1-2H3,(H,22,23). The molecule has 0 radical (unpaired) electrons. The zero-order valence-corrected chi connectivity index (χ0v) is 15.0. The first-order valence-corrected chi connectivity index (χ1v) is 8.71. The zero-order valence-electron chi connectivity index (χ0n) is 15.0. The third kappa shape index (κ3) is 4.63. The first-order chi connectivity index (χ1) is 12.3. The monoisotopic (exact) mass is 334 g/mol. The predicted molar refractivity (Wildman–Crippen MR) is 106 cm³/mol. The minimum atomic E-state index is 0.765. The molecular weight excluding hydrogens is 308 g/mol. The van der Waals surface area contributed by atoms with E-state index in [1.54, 1.807) is 0 Å². The van der Waals surface area contributed by atoms with Crippen LogP contribution < -0.4 is 10.2 Å². The second kappa shape index (κ2) is 8.38. The molecule has 4 nitrogen and oxygen atoms in total. The van der Waals surface area contributed by atoms with Crippen LogP contribution >= 0.6 is 0 Å². The molecule has 0 spiro atoms. The lowest BCUT2D eigenvalue weighted by atomic mass is 10.2. The Hall–Kier alpha value is -2.75. The summed E-state index contributed by atoms with van der Waals surface area (Å²) in [4.78, 5) is 8.91. The molecule has 1 aliphatic heterocycles. The Morgan fingerprint density at radius 1 is 1.04 bits per heavy atom. The van der Waals surface area contributed by atoms with Crippen molar-refractivity contribution < 1.29 is 0 Å². The quantitative estimate of drug-likeness (QED) is 0.517. The van der Waals surface area contributed by atoms with E-state index in [0.717, 1.165) is 32.1 Å². The van der Waals surface area contributed by atoms with E-state index < -0.39 is 0 Å². The number of hydrogen-bond acceptors (Lipinski definition) is 2. The normalized spacial score (nSPS) is 14.0. The largest absolute Gasteiger partial charge is 0.364 e. The fraction of sp³-hybridized carbons (Fsp3) is 0.286. The number of guanidine groups is 1. The number of rotatable bonds is 5. The SMILES string of the molecule is CN=C(NCc1cccc(N2CC=CC2)c1)N(C)Cc1ccccc1. The van der Waals surface area contributed by atoms with Gasteiger partial charge in [0.15, 0.2) is 5.96 Å². The smallest absolute Gasteiger partial charge is 0.193 e. The highest BCUT2D eigenvalue weighted by Crippen LogP contribution is 2.18. The lowest BCUT2D eigenvalue weighted by Gasteiger charge is -2.23. The van der Waals surface area contributed by atoms with Gasteiger partial charge in [-0.3, -0.25) is 4.99 Å². The van der Waals surface area contributed by atoms with E-state index in [0.29, 0.717) is 0 Å². The summed E-state index contributed by atoms with van der Waals surface area (Å²) in [6, 6.07) is 19.2. The van der Waals surface area contributed by atoms with Crippen molar-refractivity contribution in [2.45, 2.75) is 13.1 Å². The maximum absolute atomic E-state index is 4.41. The summed E-state index contributed by atoms with van der Waals surface area (Å²) < 4.78 is 0. The molecule has 0 amide bonds. The van der Waals surface area contributed by atoms with E-state index in [4.69, 9.17) is 0 Å². The van der Waals surface area contributed by atoms with Gasteiger partial charge in [0, 0.05) is 46.0 Å². The Morgan fingerprint density at radius 2 is 1.76 bits per heavy atom. The molecule has 0 saturated heterocycles. The van der Waals surface area contributed by atoms with Crippen LogP contribution in [0.3, 0.4) is 0 Å². The van der Waals surface area contributed by atoms with Gasteiger partial charge in [-0.2, -0.15) is 0 Å². The van der Waals surface area contributed by atoms with E-state index in [2.05, 4.69) is 87.8 Å². The molecule has 2 aromatic carbocycles. The number of hydrogen-bond donors (Lipinski definition) is 1. The van der Waals surface area contributed by atoms with Gasteiger partial charge in [-0.15, -0.1) is 0 Å². The molecule has 0 saturated carbocycles. The topological polar surface area (TPSA) is 30.9 Å². The minimum Gasteiger partial charge on any atom is -0.364 e. The summed E-state index contributed by atoms with van der Waals surface area (Å²) in [6.45, 7) is 3.59. The van der Waals surface area contributed by atoms with Gasteiger partial charge in [-0.05, 0) is 23.3 Å². The van der Waals surface area contributed by atoms with Crippen LogP contribution in [0.5, 0.6) is 0 Å². The van der Waals surface area contributed by atoms with Crippen molar-refractivity contribution in [2.24, 2.45) is 4.99 Å². The van der Waals surface area contributed by atoms with Crippen LogP contribution in [0.4, 0.5) is 5.69 Å². The molecule has 1 heterocycles. The molecule has 2 aromatic rings. The van der Waals surface area contributed by atoms with Gasteiger partial charge < -0.3 is 15.1 Å². The average molecular weight is 334 g/mol. The molecule has 4 heteroatoms. The number of nitrogens with zero attached hydrogens (tertiary/aromatic N) is 3. The Bertz CT molecular complexity index is 729. The fourth-order valence-electron chi connectivity index (χ4n) is 3.05. The molecule has 1 N–H and O–H groups in total. The van der Waals surface area contributed by atoms with Crippen molar-refractivity contribution in [3.63, 3.8) is 0 Å². The molecule has 130 valence electrons. The lowest BCUT2D eigenvalue weighted by molar-refractivity contribution is 0.476. The summed E-state index contributed by atoms with van der Waals surface area (Å²) in [5, 5.41) is 3.47. The van der Waals surface area contributed by atoms with Crippen molar-refractivity contribution >= 4 is 11.6 Å². The Morgan fingerprint density at radius 3 is 2.48 bits per heavy atom. The molecule has 25 heavy (non-hydrogen) atoms. The molecule has 0 aliphatic carbocycles. The maximum atomic E-state index is 4.41. The van der Waals surface area contributed by atoms with Crippen LogP contribution in [-0.4, -0.2) is 38.0 Å². The second-order valence-corrected chi connectivity index (χ2v) is 6.29. The first-order valence-electron chi connectivity index (χ1n) is 8.71. The van der Waals surface area contributed by atoms with Gasteiger partial charge in [0.05, 0.1) is 0 Å². The lowest BCUT2D eigenvalue weighted by Crippen LogP contribution is -2.38. The van der Waals surface area contributed by atoms with Gasteiger partial charge in [0.2, 0.25) is 0 Å². The van der Waals surface area contributed by atoms with Crippen molar-refractivity contribution in [2.75, 3.05) is 32.1 Å². The van der Waals surface area contributed by atoms with Crippen molar-refractivity contribution in [1.29, 1.82) is 0 Å².